The van der Waals surface area contributed by atoms with Gasteiger partial charge in [0.15, 0.2) is 11.5 Å². The van der Waals surface area contributed by atoms with Gasteiger partial charge in [-0.1, -0.05) is 89.1 Å². The van der Waals surface area contributed by atoms with Gasteiger partial charge in [-0.15, -0.1) is 0 Å². The van der Waals surface area contributed by atoms with E-state index in [4.69, 9.17) is 23.7 Å². The molecule has 4 rings (SSSR count). The van der Waals surface area contributed by atoms with E-state index in [9.17, 15) is 14.4 Å². The molecule has 0 atom stereocenters. The Kier molecular flexibility index (Phi) is 14.6. The van der Waals surface area contributed by atoms with E-state index in [0.717, 1.165) is 24.0 Å². The summed E-state index contributed by atoms with van der Waals surface area (Å²) in [5.41, 5.74) is 4.09. The normalized spacial score (nSPS) is 13.4. The van der Waals surface area contributed by atoms with E-state index in [0.29, 0.717) is 36.0 Å². The number of unbranched alkanes of at least 4 members (excludes halogenated alkanes) is 4. The minimum absolute atomic E-state index is 0.0755. The van der Waals surface area contributed by atoms with Crippen LogP contribution in [0.1, 0.15) is 83.8 Å². The summed E-state index contributed by atoms with van der Waals surface area (Å²) in [5.74, 6) is -1.29. The van der Waals surface area contributed by atoms with Gasteiger partial charge in [0.2, 0.25) is 0 Å². The number of halogens is 1. The van der Waals surface area contributed by atoms with Crippen molar-refractivity contribution < 1.29 is 42.5 Å². The molecule has 1 aliphatic heterocycles. The van der Waals surface area contributed by atoms with Gasteiger partial charge in [-0.05, 0) is 92.0 Å². The van der Waals surface area contributed by atoms with Crippen LogP contribution >= 0.6 is 0 Å². The minimum Gasteiger partial charge on any atom is -0.489 e. The lowest BCUT2D eigenvalue weighted by molar-refractivity contribution is -0.139. The van der Waals surface area contributed by atoms with Crippen molar-refractivity contribution in [2.24, 2.45) is 5.41 Å². The number of benzene rings is 3. The SMILES string of the molecule is C=C(C)C(=O)OCCCc1cc(-c2ccc(-c3ccc(CCCCCCC)cc3)cc2F)cc(OC(=O)C(=C)C)c1OCC1(CC)COC(=O)OC1. The van der Waals surface area contributed by atoms with Crippen molar-refractivity contribution in [2.45, 2.75) is 85.5 Å². The average Bonchev–Trinajstić information content (AvgIpc) is 3.13. The molecule has 0 radical (unpaired) electrons. The van der Waals surface area contributed by atoms with Crippen molar-refractivity contribution in [3.05, 3.63) is 95.8 Å². The third kappa shape index (κ3) is 11.0. The zero-order chi connectivity index (χ0) is 37.7. The van der Waals surface area contributed by atoms with Crippen molar-refractivity contribution >= 4 is 18.1 Å². The first-order chi connectivity index (χ1) is 24.9. The molecule has 52 heavy (non-hydrogen) atoms. The van der Waals surface area contributed by atoms with Crippen LogP contribution in [0, 0.1) is 11.2 Å². The first-order valence-electron chi connectivity index (χ1n) is 18.1. The maximum atomic E-state index is 16.0. The molecule has 9 heteroatoms. The molecule has 0 aromatic heterocycles. The highest BCUT2D eigenvalue weighted by molar-refractivity contribution is 5.89. The Morgan fingerprint density at radius 3 is 2.12 bits per heavy atom. The van der Waals surface area contributed by atoms with E-state index in [-0.39, 0.29) is 49.1 Å². The molecule has 0 spiro atoms. The first-order valence-corrected chi connectivity index (χ1v) is 18.1. The molecule has 0 saturated carbocycles. The highest BCUT2D eigenvalue weighted by Gasteiger charge is 2.38. The standard InChI is InChI=1S/C43H51FO8/c1-7-9-10-11-12-14-31-16-18-32(19-17-31)33-20-21-36(37(44)24-33)35-23-34(15-13-22-48-40(45)29(3)4)39(38(25-35)52-41(46)30(5)6)49-26-43(8-2)27-50-42(47)51-28-43/h16-21,23-25H,3,5,7-15,22,26-28H2,1-2,4,6H3. The van der Waals surface area contributed by atoms with Crippen LogP contribution < -0.4 is 9.47 Å². The van der Waals surface area contributed by atoms with Crippen molar-refractivity contribution in [3.63, 3.8) is 0 Å². The van der Waals surface area contributed by atoms with Crippen molar-refractivity contribution in [3.8, 4) is 33.8 Å². The smallest absolute Gasteiger partial charge is 0.489 e. The summed E-state index contributed by atoms with van der Waals surface area (Å²) < 4.78 is 43.9. The van der Waals surface area contributed by atoms with Gasteiger partial charge in [0.1, 0.15) is 25.6 Å². The Bertz CT molecular complexity index is 1730. The van der Waals surface area contributed by atoms with E-state index in [1.165, 1.54) is 44.2 Å². The summed E-state index contributed by atoms with van der Waals surface area (Å²) in [5, 5.41) is 0. The molecule has 1 saturated heterocycles. The van der Waals surface area contributed by atoms with E-state index in [1.807, 2.05) is 25.1 Å². The molecule has 1 fully saturated rings. The third-order valence-corrected chi connectivity index (χ3v) is 9.26. The van der Waals surface area contributed by atoms with Crippen LogP contribution in [0.15, 0.2) is 78.9 Å². The van der Waals surface area contributed by atoms with Crippen LogP contribution in [0.3, 0.4) is 0 Å². The van der Waals surface area contributed by atoms with Gasteiger partial charge >= 0.3 is 18.1 Å². The van der Waals surface area contributed by atoms with E-state index in [1.54, 1.807) is 25.1 Å². The van der Waals surface area contributed by atoms with Gasteiger partial charge in [-0.25, -0.2) is 18.8 Å². The molecule has 3 aromatic rings. The minimum atomic E-state index is -0.743. The van der Waals surface area contributed by atoms with Gasteiger partial charge in [-0.2, -0.15) is 0 Å². The van der Waals surface area contributed by atoms with Crippen LogP contribution in [-0.4, -0.2) is 44.5 Å². The van der Waals surface area contributed by atoms with Crippen molar-refractivity contribution in [2.75, 3.05) is 26.4 Å². The van der Waals surface area contributed by atoms with E-state index in [2.05, 4.69) is 32.2 Å². The second-order valence-corrected chi connectivity index (χ2v) is 13.7. The largest absolute Gasteiger partial charge is 0.508 e. The molecule has 0 unspecified atom stereocenters. The Hall–Kier alpha value is -4.92. The maximum Gasteiger partial charge on any atom is 0.508 e. The fourth-order valence-electron chi connectivity index (χ4n) is 5.83. The number of hydrogen-bond acceptors (Lipinski definition) is 8. The number of aryl methyl sites for hydroxylation is 2. The van der Waals surface area contributed by atoms with E-state index < -0.39 is 29.3 Å². The summed E-state index contributed by atoms with van der Waals surface area (Å²) >= 11 is 0. The second-order valence-electron chi connectivity index (χ2n) is 13.7. The lowest BCUT2D eigenvalue weighted by Gasteiger charge is -2.34. The van der Waals surface area contributed by atoms with Gasteiger partial charge in [0.05, 0.1) is 12.0 Å². The molecule has 0 aliphatic carbocycles. The summed E-state index contributed by atoms with van der Waals surface area (Å²) in [6.45, 7) is 14.9. The molecule has 0 amide bonds. The molecule has 1 aliphatic rings. The van der Waals surface area contributed by atoms with Crippen LogP contribution in [0.25, 0.3) is 22.3 Å². The summed E-state index contributed by atoms with van der Waals surface area (Å²) in [6, 6.07) is 16.7. The molecular weight excluding hydrogens is 663 g/mol. The topological polar surface area (TPSA) is 97.4 Å². The number of hydrogen-bond donors (Lipinski definition) is 0. The summed E-state index contributed by atoms with van der Waals surface area (Å²) in [4.78, 5) is 36.5. The van der Waals surface area contributed by atoms with Gasteiger partial charge in [0, 0.05) is 16.7 Å². The predicted molar refractivity (Wildman–Crippen MR) is 200 cm³/mol. The van der Waals surface area contributed by atoms with Crippen molar-refractivity contribution in [1.82, 2.24) is 0 Å². The molecule has 0 N–H and O–H groups in total. The monoisotopic (exact) mass is 714 g/mol. The summed E-state index contributed by atoms with van der Waals surface area (Å²) in [7, 11) is 0. The third-order valence-electron chi connectivity index (χ3n) is 9.26. The Labute approximate surface area is 307 Å². The number of carbonyl (C=O) groups excluding carboxylic acids is 3. The Balaban J connectivity index is 1.67. The van der Waals surface area contributed by atoms with Crippen LogP contribution in [-0.2, 0) is 36.6 Å². The number of ether oxygens (including phenoxy) is 5. The zero-order valence-corrected chi connectivity index (χ0v) is 30.9. The molecular formula is C43H51FO8. The first kappa shape index (κ1) is 39.9. The fraction of sp³-hybridized carbons (Fsp3) is 0.419. The molecule has 3 aromatic carbocycles. The lowest BCUT2D eigenvalue weighted by atomic mass is 9.87. The quantitative estimate of drug-likeness (QED) is 0.0524. The molecule has 0 bridgehead atoms. The average molecular weight is 715 g/mol. The predicted octanol–water partition coefficient (Wildman–Crippen LogP) is 10.1. The highest BCUT2D eigenvalue weighted by atomic mass is 19.1. The number of esters is 2. The van der Waals surface area contributed by atoms with Crippen LogP contribution in [0.4, 0.5) is 9.18 Å². The number of cyclic esters (lactones) is 2. The number of rotatable bonds is 19. The Morgan fingerprint density at radius 1 is 0.808 bits per heavy atom. The molecule has 8 nitrogen and oxygen atoms in total. The zero-order valence-electron chi connectivity index (χ0n) is 30.9. The Morgan fingerprint density at radius 2 is 1.48 bits per heavy atom. The lowest BCUT2D eigenvalue weighted by Crippen LogP contribution is -2.43. The van der Waals surface area contributed by atoms with Gasteiger partial charge in [0.25, 0.3) is 0 Å². The summed E-state index contributed by atoms with van der Waals surface area (Å²) in [6.07, 6.45) is 7.70. The molecule has 1 heterocycles. The van der Waals surface area contributed by atoms with Gasteiger partial charge in [-0.3, -0.25) is 0 Å². The van der Waals surface area contributed by atoms with Crippen LogP contribution in [0.2, 0.25) is 0 Å². The number of carbonyl (C=O) groups is 3. The van der Waals surface area contributed by atoms with E-state index >= 15 is 4.39 Å². The van der Waals surface area contributed by atoms with Gasteiger partial charge < -0.3 is 23.7 Å². The highest BCUT2D eigenvalue weighted by Crippen LogP contribution is 2.41. The van der Waals surface area contributed by atoms with Crippen LogP contribution in [0.5, 0.6) is 11.5 Å². The second kappa shape index (κ2) is 19.1. The van der Waals surface area contributed by atoms with Crippen molar-refractivity contribution in [1.29, 1.82) is 0 Å². The molecule has 278 valence electrons. The fourth-order valence-corrected chi connectivity index (χ4v) is 5.83. The maximum absolute atomic E-state index is 16.0.